The summed E-state index contributed by atoms with van der Waals surface area (Å²) < 4.78 is 8.11. The molecule has 0 saturated carbocycles. The molecule has 1 heterocycles. The minimum Gasteiger partial charge on any atom is -0.427 e. The van der Waals surface area contributed by atoms with Crippen molar-refractivity contribution in [3.8, 4) is 17.1 Å². The van der Waals surface area contributed by atoms with Crippen LogP contribution >= 0.6 is 0 Å². The molecule has 0 spiro atoms. The van der Waals surface area contributed by atoms with E-state index in [1.54, 1.807) is 21.3 Å². The molecule has 0 saturated heterocycles. The maximum Gasteiger partial charge on any atom is 0.330 e. The molecule has 0 fully saturated rings. The Morgan fingerprint density at radius 3 is 1.97 bits per heavy atom. The Morgan fingerprint density at radius 2 is 1.47 bits per heavy atom. The first-order valence-corrected chi connectivity index (χ1v) is 11.4. The minimum atomic E-state index is -0.952. The lowest BCUT2D eigenvalue weighted by molar-refractivity contribution is -0.0893. The lowest BCUT2D eigenvalue weighted by Crippen LogP contribution is -2.49. The molecule has 0 amide bonds. The predicted molar refractivity (Wildman–Crippen MR) is 134 cm³/mol. The quantitative estimate of drug-likeness (QED) is 0.473. The molecule has 5 heteroatoms. The van der Waals surface area contributed by atoms with Gasteiger partial charge in [0.1, 0.15) is 5.82 Å². The van der Waals surface area contributed by atoms with E-state index in [1.165, 1.54) is 16.8 Å². The summed E-state index contributed by atoms with van der Waals surface area (Å²) in [5.41, 5.74) is 4.21. The fourth-order valence-corrected chi connectivity index (χ4v) is 3.56. The molecule has 0 aliphatic rings. The number of aromatic nitrogens is 2. The molecule has 0 aliphatic carbocycles. The summed E-state index contributed by atoms with van der Waals surface area (Å²) in [5, 5.41) is 10.3. The Hall–Kier alpha value is -2.37. The summed E-state index contributed by atoms with van der Waals surface area (Å²) >= 11 is 0. The molecular formula is C27H36BN2O2. The third kappa shape index (κ3) is 5.00. The molecule has 3 aromatic rings. The van der Waals surface area contributed by atoms with Crippen LogP contribution in [0, 0.1) is 0 Å². The van der Waals surface area contributed by atoms with Crippen LogP contribution in [0.2, 0.25) is 0 Å². The van der Waals surface area contributed by atoms with Crippen molar-refractivity contribution in [2.45, 2.75) is 78.4 Å². The van der Waals surface area contributed by atoms with Crippen molar-refractivity contribution in [2.75, 3.05) is 0 Å². The van der Waals surface area contributed by atoms with Gasteiger partial charge in [0.2, 0.25) is 0 Å². The zero-order valence-electron chi connectivity index (χ0n) is 20.7. The molecule has 3 rings (SSSR count). The van der Waals surface area contributed by atoms with Crippen LogP contribution in [0.25, 0.3) is 17.1 Å². The Kier molecular flexibility index (Phi) is 7.02. The molecule has 0 atom stereocenters. The normalized spacial score (nSPS) is 12.6. The van der Waals surface area contributed by atoms with Crippen LogP contribution in [0.15, 0.2) is 54.9 Å². The van der Waals surface area contributed by atoms with E-state index < -0.39 is 11.2 Å². The first-order chi connectivity index (χ1) is 14.9. The van der Waals surface area contributed by atoms with Gasteiger partial charge in [-0.15, -0.1) is 0 Å². The molecule has 4 nitrogen and oxygen atoms in total. The van der Waals surface area contributed by atoms with Crippen molar-refractivity contribution in [3.63, 3.8) is 0 Å². The van der Waals surface area contributed by atoms with Crippen LogP contribution in [-0.4, -0.2) is 33.3 Å². The molecule has 2 aromatic carbocycles. The number of nitrogens with zero attached hydrogens (tertiary/aromatic N) is 2. The van der Waals surface area contributed by atoms with E-state index in [-0.39, 0.29) is 0 Å². The zero-order chi connectivity index (χ0) is 23.7. The van der Waals surface area contributed by atoms with Gasteiger partial charge in [-0.3, -0.25) is 4.57 Å². The van der Waals surface area contributed by atoms with E-state index in [0.717, 1.165) is 16.9 Å². The monoisotopic (exact) mass is 431 g/mol. The molecule has 0 bridgehead atoms. The van der Waals surface area contributed by atoms with Gasteiger partial charge in [0.15, 0.2) is 0 Å². The third-order valence-electron chi connectivity index (χ3n) is 6.36. The standard InChI is InChI=1S/C27H36BN2O2/c1-18(2)22-10-9-11-23(19(3)4)24(22)30-17-16-29-25(30)20-12-14-21(15-13-20)28-32-27(7,8)26(5,6)31/h9-19,31H,1-8H3. The van der Waals surface area contributed by atoms with E-state index in [2.05, 4.69) is 68.8 Å². The first-order valence-electron chi connectivity index (χ1n) is 11.4. The topological polar surface area (TPSA) is 47.3 Å². The van der Waals surface area contributed by atoms with Gasteiger partial charge in [0.25, 0.3) is 0 Å². The van der Waals surface area contributed by atoms with Gasteiger partial charge in [-0.05, 0) is 50.7 Å². The van der Waals surface area contributed by atoms with Crippen molar-refractivity contribution in [1.29, 1.82) is 0 Å². The summed E-state index contributed by atoms with van der Waals surface area (Å²) in [6.45, 7) is 16.2. The van der Waals surface area contributed by atoms with Gasteiger partial charge in [-0.1, -0.05) is 75.6 Å². The van der Waals surface area contributed by atoms with Crippen LogP contribution in [-0.2, 0) is 4.65 Å². The van der Waals surface area contributed by atoms with E-state index in [4.69, 9.17) is 9.64 Å². The van der Waals surface area contributed by atoms with E-state index in [9.17, 15) is 5.11 Å². The molecule has 0 unspecified atom stereocenters. The Bertz CT molecular complexity index is 1020. The van der Waals surface area contributed by atoms with Crippen LogP contribution in [0.4, 0.5) is 0 Å². The number of imidazole rings is 1. The first kappa shape index (κ1) is 24.3. The van der Waals surface area contributed by atoms with Crippen molar-refractivity contribution in [3.05, 3.63) is 66.0 Å². The lowest BCUT2D eigenvalue weighted by atomic mass is 9.82. The van der Waals surface area contributed by atoms with Crippen molar-refractivity contribution < 1.29 is 9.76 Å². The second kappa shape index (κ2) is 9.25. The smallest absolute Gasteiger partial charge is 0.330 e. The van der Waals surface area contributed by atoms with Crippen LogP contribution in [0.1, 0.15) is 78.4 Å². The van der Waals surface area contributed by atoms with Gasteiger partial charge >= 0.3 is 7.48 Å². The largest absolute Gasteiger partial charge is 0.427 e. The molecular weight excluding hydrogens is 395 g/mol. The molecule has 0 aliphatic heterocycles. The third-order valence-corrected chi connectivity index (χ3v) is 6.36. The lowest BCUT2D eigenvalue weighted by Gasteiger charge is -2.37. The van der Waals surface area contributed by atoms with Crippen molar-refractivity contribution in [2.24, 2.45) is 0 Å². The van der Waals surface area contributed by atoms with Gasteiger partial charge < -0.3 is 9.76 Å². The Morgan fingerprint density at radius 1 is 0.906 bits per heavy atom. The molecule has 32 heavy (non-hydrogen) atoms. The molecule has 1 aromatic heterocycles. The average Bonchev–Trinajstić information content (AvgIpc) is 3.20. The highest BCUT2D eigenvalue weighted by molar-refractivity contribution is 6.47. The maximum absolute atomic E-state index is 10.3. The summed E-state index contributed by atoms with van der Waals surface area (Å²) in [4.78, 5) is 4.70. The maximum atomic E-state index is 10.3. The highest BCUT2D eigenvalue weighted by atomic mass is 16.5. The Balaban J connectivity index is 1.94. The van der Waals surface area contributed by atoms with E-state index in [1.807, 2.05) is 32.2 Å². The summed E-state index contributed by atoms with van der Waals surface area (Å²) in [5.74, 6) is 1.74. The molecule has 1 N–H and O–H groups in total. The summed E-state index contributed by atoms with van der Waals surface area (Å²) in [7, 11) is 1.71. The number of hydrogen-bond donors (Lipinski definition) is 1. The highest BCUT2D eigenvalue weighted by Gasteiger charge is 2.35. The van der Waals surface area contributed by atoms with Gasteiger partial charge in [0.05, 0.1) is 16.9 Å². The van der Waals surface area contributed by atoms with Crippen LogP contribution < -0.4 is 5.46 Å². The molecule has 1 radical (unpaired) electrons. The summed E-state index contributed by atoms with van der Waals surface area (Å²) in [6, 6.07) is 14.8. The number of rotatable bonds is 8. The van der Waals surface area contributed by atoms with Gasteiger partial charge in [0, 0.05) is 18.0 Å². The second-order valence-corrected chi connectivity index (χ2v) is 10.1. The van der Waals surface area contributed by atoms with E-state index >= 15 is 0 Å². The SMILES string of the molecule is CC(C)c1cccc(C(C)C)c1-n1ccnc1-c1ccc([B]OC(C)(C)C(C)(C)O)cc1. The Labute approximate surface area is 193 Å². The number of aliphatic hydroxyl groups is 1. The fraction of sp³-hybridized carbons (Fsp3) is 0.444. The van der Waals surface area contributed by atoms with Crippen LogP contribution in [0.3, 0.4) is 0 Å². The number of para-hydroxylation sites is 1. The van der Waals surface area contributed by atoms with Crippen molar-refractivity contribution in [1.82, 2.24) is 9.55 Å². The summed E-state index contributed by atoms with van der Waals surface area (Å²) in [6.07, 6.45) is 3.92. The average molecular weight is 431 g/mol. The predicted octanol–water partition coefficient (Wildman–Crippen LogP) is 5.60. The highest BCUT2D eigenvalue weighted by Crippen LogP contribution is 2.33. The zero-order valence-corrected chi connectivity index (χ0v) is 20.7. The van der Waals surface area contributed by atoms with E-state index in [0.29, 0.717) is 11.8 Å². The van der Waals surface area contributed by atoms with Gasteiger partial charge in [-0.2, -0.15) is 0 Å². The second-order valence-electron chi connectivity index (χ2n) is 10.1. The van der Waals surface area contributed by atoms with Gasteiger partial charge in [-0.25, -0.2) is 4.98 Å². The number of hydrogen-bond acceptors (Lipinski definition) is 3. The minimum absolute atomic E-state index is 0.409. The van der Waals surface area contributed by atoms with Crippen molar-refractivity contribution >= 4 is 12.9 Å². The molecule has 169 valence electrons. The fourth-order valence-electron chi connectivity index (χ4n) is 3.56. The van der Waals surface area contributed by atoms with Crippen LogP contribution in [0.5, 0.6) is 0 Å². The number of benzene rings is 2.